The molecule has 0 aliphatic heterocycles. The first kappa shape index (κ1) is 20.9. The molecule has 0 spiro atoms. The average molecular weight is 406 g/mol. The van der Waals surface area contributed by atoms with Crippen molar-refractivity contribution in [2.45, 2.75) is 36.6 Å². The van der Waals surface area contributed by atoms with E-state index in [1.54, 1.807) is 23.9 Å². The van der Waals surface area contributed by atoms with Crippen molar-refractivity contribution < 1.29 is 9.18 Å². The largest absolute Gasteiger partial charge is 0.350 e. The summed E-state index contributed by atoms with van der Waals surface area (Å²) in [4.78, 5) is 14.4. The number of nitrogens with one attached hydrogen (secondary N) is 1. The first-order valence-corrected chi connectivity index (χ1v) is 10.3. The van der Waals surface area contributed by atoms with Gasteiger partial charge in [-0.25, -0.2) is 4.39 Å². The van der Waals surface area contributed by atoms with E-state index in [4.69, 9.17) is 0 Å². The van der Waals surface area contributed by atoms with E-state index >= 15 is 0 Å². The number of carbonyl (C=O) groups is 1. The number of amides is 1. The molecule has 148 valence electrons. The van der Waals surface area contributed by atoms with E-state index in [2.05, 4.69) is 11.9 Å². The molecule has 0 heterocycles. The second-order valence-corrected chi connectivity index (χ2v) is 8.28. The van der Waals surface area contributed by atoms with E-state index < -0.39 is 0 Å². The smallest absolute Gasteiger partial charge is 0.251 e. The highest BCUT2D eigenvalue weighted by atomic mass is 32.2. The Morgan fingerprint density at radius 1 is 0.966 bits per heavy atom. The third kappa shape index (κ3) is 5.15. The van der Waals surface area contributed by atoms with Crippen molar-refractivity contribution in [3.05, 3.63) is 101 Å². The molecule has 0 aliphatic carbocycles. The molecule has 0 saturated heterocycles. The van der Waals surface area contributed by atoms with Crippen LogP contribution in [0.1, 0.15) is 40.9 Å². The van der Waals surface area contributed by atoms with E-state index in [0.717, 1.165) is 32.1 Å². The van der Waals surface area contributed by atoms with Crippen LogP contribution in [0.4, 0.5) is 4.39 Å². The molecule has 29 heavy (non-hydrogen) atoms. The molecule has 1 amide bonds. The van der Waals surface area contributed by atoms with Gasteiger partial charge < -0.3 is 5.32 Å². The Labute approximate surface area is 175 Å². The van der Waals surface area contributed by atoms with Crippen molar-refractivity contribution in [2.24, 2.45) is 0 Å². The van der Waals surface area contributed by atoms with Crippen LogP contribution in [0, 0.1) is 12.7 Å². The van der Waals surface area contributed by atoms with Gasteiger partial charge in [0.2, 0.25) is 0 Å². The van der Waals surface area contributed by atoms with Crippen molar-refractivity contribution in [3.8, 4) is 0 Å². The van der Waals surface area contributed by atoms with Crippen LogP contribution in [0.5, 0.6) is 0 Å². The lowest BCUT2D eigenvalue weighted by molar-refractivity contribution is 0.0943. The van der Waals surface area contributed by atoms with Crippen LogP contribution >= 0.6 is 11.8 Å². The minimum Gasteiger partial charge on any atom is -0.350 e. The molecule has 3 aromatic carbocycles. The van der Waals surface area contributed by atoms with Crippen LogP contribution in [0.25, 0.3) is 5.57 Å². The summed E-state index contributed by atoms with van der Waals surface area (Å²) in [5, 5.41) is 2.92. The SMILES string of the molecule is C=C(c1ccc(F)cc1)c1ccccc1Sc1ccc(C(=O)NC(C)C)cc1C. The van der Waals surface area contributed by atoms with Gasteiger partial charge in [0, 0.05) is 21.4 Å². The van der Waals surface area contributed by atoms with Gasteiger partial charge in [-0.1, -0.05) is 48.7 Å². The third-order valence-electron chi connectivity index (χ3n) is 4.48. The molecule has 0 saturated carbocycles. The van der Waals surface area contributed by atoms with E-state index in [0.29, 0.717) is 5.56 Å². The van der Waals surface area contributed by atoms with Crippen LogP contribution in [-0.2, 0) is 0 Å². The molecule has 0 unspecified atom stereocenters. The number of halogens is 1. The van der Waals surface area contributed by atoms with Gasteiger partial charge in [-0.3, -0.25) is 4.79 Å². The zero-order valence-electron chi connectivity index (χ0n) is 16.8. The predicted octanol–water partition coefficient (Wildman–Crippen LogP) is 6.49. The standard InChI is InChI=1S/C25H24FNOS/c1-16(2)27-25(28)20-11-14-23(17(3)15-20)29-24-8-6-5-7-22(24)18(4)19-9-12-21(26)13-10-19/h5-16H,4H2,1-3H3,(H,27,28). The van der Waals surface area contributed by atoms with Crippen molar-refractivity contribution in [3.63, 3.8) is 0 Å². The Hall–Kier alpha value is -2.85. The molecule has 3 aromatic rings. The predicted molar refractivity (Wildman–Crippen MR) is 119 cm³/mol. The maximum Gasteiger partial charge on any atom is 0.251 e. The van der Waals surface area contributed by atoms with Gasteiger partial charge >= 0.3 is 0 Å². The van der Waals surface area contributed by atoms with Crippen molar-refractivity contribution >= 4 is 23.2 Å². The van der Waals surface area contributed by atoms with Crippen LogP contribution < -0.4 is 5.32 Å². The van der Waals surface area contributed by atoms with Gasteiger partial charge in [0.25, 0.3) is 5.91 Å². The van der Waals surface area contributed by atoms with Gasteiger partial charge in [-0.2, -0.15) is 0 Å². The Morgan fingerprint density at radius 2 is 1.62 bits per heavy atom. The molecule has 3 rings (SSSR count). The molecular formula is C25H24FNOS. The minimum absolute atomic E-state index is 0.0651. The molecule has 0 fully saturated rings. The first-order chi connectivity index (χ1) is 13.8. The molecule has 1 N–H and O–H groups in total. The van der Waals surface area contributed by atoms with E-state index in [-0.39, 0.29) is 17.8 Å². The molecule has 0 aliphatic rings. The monoisotopic (exact) mass is 405 g/mol. The Morgan fingerprint density at radius 3 is 2.28 bits per heavy atom. The maximum absolute atomic E-state index is 13.3. The fourth-order valence-electron chi connectivity index (χ4n) is 2.98. The molecule has 0 bridgehead atoms. The zero-order valence-corrected chi connectivity index (χ0v) is 17.6. The van der Waals surface area contributed by atoms with Crippen LogP contribution in [0.3, 0.4) is 0 Å². The molecule has 2 nitrogen and oxygen atoms in total. The topological polar surface area (TPSA) is 29.1 Å². The minimum atomic E-state index is -0.263. The summed E-state index contributed by atoms with van der Waals surface area (Å²) in [7, 11) is 0. The van der Waals surface area contributed by atoms with Crippen LogP contribution in [-0.4, -0.2) is 11.9 Å². The van der Waals surface area contributed by atoms with Gasteiger partial charge in [0.05, 0.1) is 0 Å². The summed E-state index contributed by atoms with van der Waals surface area (Å²) in [6, 6.07) is 20.3. The highest BCUT2D eigenvalue weighted by molar-refractivity contribution is 7.99. The summed E-state index contributed by atoms with van der Waals surface area (Å²) in [6.07, 6.45) is 0. The summed E-state index contributed by atoms with van der Waals surface area (Å²) >= 11 is 1.63. The molecular weight excluding hydrogens is 381 g/mol. The highest BCUT2D eigenvalue weighted by Gasteiger charge is 2.13. The lowest BCUT2D eigenvalue weighted by Gasteiger charge is -2.14. The van der Waals surface area contributed by atoms with Crippen LogP contribution in [0.15, 0.2) is 83.1 Å². The first-order valence-electron chi connectivity index (χ1n) is 9.49. The lowest BCUT2D eigenvalue weighted by Crippen LogP contribution is -2.30. The third-order valence-corrected chi connectivity index (χ3v) is 5.74. The van der Waals surface area contributed by atoms with Gasteiger partial charge in [-0.15, -0.1) is 0 Å². The normalized spacial score (nSPS) is 10.8. The number of hydrogen-bond donors (Lipinski definition) is 1. The average Bonchev–Trinajstić information content (AvgIpc) is 2.69. The van der Waals surface area contributed by atoms with Gasteiger partial charge in [0.1, 0.15) is 5.82 Å². The van der Waals surface area contributed by atoms with E-state index in [1.165, 1.54) is 12.1 Å². The zero-order chi connectivity index (χ0) is 21.0. The van der Waals surface area contributed by atoms with Gasteiger partial charge in [0.15, 0.2) is 0 Å². The molecule has 0 aromatic heterocycles. The lowest BCUT2D eigenvalue weighted by atomic mass is 10.00. The van der Waals surface area contributed by atoms with E-state index in [9.17, 15) is 9.18 Å². The van der Waals surface area contributed by atoms with Crippen molar-refractivity contribution in [1.29, 1.82) is 0 Å². The number of carbonyl (C=O) groups excluding carboxylic acids is 1. The summed E-state index contributed by atoms with van der Waals surface area (Å²) in [6.45, 7) is 10.1. The molecule has 0 atom stereocenters. The molecule has 4 heteroatoms. The molecule has 0 radical (unpaired) electrons. The summed E-state index contributed by atoms with van der Waals surface area (Å²) < 4.78 is 13.3. The number of benzene rings is 3. The number of aryl methyl sites for hydroxylation is 1. The summed E-state index contributed by atoms with van der Waals surface area (Å²) in [5.41, 5.74) is 4.43. The Bertz CT molecular complexity index is 1040. The van der Waals surface area contributed by atoms with Crippen molar-refractivity contribution in [1.82, 2.24) is 5.32 Å². The summed E-state index contributed by atoms with van der Waals surface area (Å²) in [5.74, 6) is -0.328. The fourth-order valence-corrected chi connectivity index (χ4v) is 4.02. The van der Waals surface area contributed by atoms with E-state index in [1.807, 2.05) is 63.2 Å². The Balaban J connectivity index is 1.87. The van der Waals surface area contributed by atoms with Gasteiger partial charge in [-0.05, 0) is 79.4 Å². The number of rotatable bonds is 6. The number of hydrogen-bond acceptors (Lipinski definition) is 2. The fraction of sp³-hybridized carbons (Fsp3) is 0.160. The van der Waals surface area contributed by atoms with Crippen molar-refractivity contribution in [2.75, 3.05) is 0 Å². The highest BCUT2D eigenvalue weighted by Crippen LogP contribution is 2.37. The quantitative estimate of drug-likeness (QED) is 0.508. The second-order valence-electron chi connectivity index (χ2n) is 7.19. The maximum atomic E-state index is 13.3. The second kappa shape index (κ2) is 9.10. The van der Waals surface area contributed by atoms with Crippen LogP contribution in [0.2, 0.25) is 0 Å². The Kier molecular flexibility index (Phi) is 6.55.